The molecule has 0 spiro atoms. The zero-order chi connectivity index (χ0) is 13.7. The van der Waals surface area contributed by atoms with Gasteiger partial charge in [0.05, 0.1) is 5.56 Å². The number of carbonyl (C=O) groups excluding carboxylic acids is 1. The first-order chi connectivity index (χ1) is 9.17. The highest BCUT2D eigenvalue weighted by atomic mass is 16.3. The second kappa shape index (κ2) is 6.06. The van der Waals surface area contributed by atoms with Crippen molar-refractivity contribution in [1.29, 1.82) is 0 Å². The Bertz CT molecular complexity index is 440. The van der Waals surface area contributed by atoms with Gasteiger partial charge in [-0.1, -0.05) is 25.0 Å². The lowest BCUT2D eigenvalue weighted by atomic mass is 9.83. The predicted octanol–water partition coefficient (Wildman–Crippen LogP) is 1.94. The van der Waals surface area contributed by atoms with Crippen LogP contribution in [-0.2, 0) is 0 Å². The van der Waals surface area contributed by atoms with Gasteiger partial charge < -0.3 is 16.2 Å². The van der Waals surface area contributed by atoms with Gasteiger partial charge in [-0.25, -0.2) is 0 Å². The van der Waals surface area contributed by atoms with E-state index in [4.69, 9.17) is 5.73 Å². The Labute approximate surface area is 114 Å². The molecule has 4 heteroatoms. The Kier molecular flexibility index (Phi) is 4.43. The molecule has 0 aromatic heterocycles. The molecule has 104 valence electrons. The summed E-state index contributed by atoms with van der Waals surface area (Å²) in [6, 6.07) is 7.09. The van der Waals surface area contributed by atoms with Crippen LogP contribution in [0.2, 0.25) is 0 Å². The van der Waals surface area contributed by atoms with Gasteiger partial charge in [-0.2, -0.15) is 0 Å². The fourth-order valence-corrected chi connectivity index (χ4v) is 2.94. The van der Waals surface area contributed by atoms with Crippen LogP contribution in [0.5, 0.6) is 0 Å². The van der Waals surface area contributed by atoms with E-state index in [1.807, 2.05) is 12.1 Å². The number of para-hydroxylation sites is 1. The normalized spacial score (nSPS) is 17.3. The summed E-state index contributed by atoms with van der Waals surface area (Å²) in [6.07, 6.45) is 5.29. The number of aliphatic hydroxyl groups is 1. The van der Waals surface area contributed by atoms with Gasteiger partial charge in [-0.3, -0.25) is 4.79 Å². The van der Waals surface area contributed by atoms with Crippen LogP contribution in [0, 0.1) is 5.41 Å². The average molecular weight is 262 g/mol. The maximum atomic E-state index is 12.1. The van der Waals surface area contributed by atoms with Crippen molar-refractivity contribution in [2.45, 2.75) is 32.1 Å². The van der Waals surface area contributed by atoms with Crippen molar-refractivity contribution in [3.05, 3.63) is 29.8 Å². The fourth-order valence-electron chi connectivity index (χ4n) is 2.94. The Morgan fingerprint density at radius 3 is 2.63 bits per heavy atom. The van der Waals surface area contributed by atoms with Crippen LogP contribution in [0.3, 0.4) is 0 Å². The number of aliphatic hydroxyl groups excluding tert-OH is 1. The van der Waals surface area contributed by atoms with Crippen LogP contribution in [0.1, 0.15) is 42.5 Å². The molecule has 1 aliphatic rings. The molecule has 1 saturated carbocycles. The Morgan fingerprint density at radius 1 is 1.32 bits per heavy atom. The van der Waals surface area contributed by atoms with Gasteiger partial charge in [-0.15, -0.1) is 0 Å². The Hall–Kier alpha value is -1.55. The molecule has 4 nitrogen and oxygen atoms in total. The largest absolute Gasteiger partial charge is 0.398 e. The van der Waals surface area contributed by atoms with Crippen LogP contribution in [0.15, 0.2) is 24.3 Å². The molecule has 4 N–H and O–H groups in total. The zero-order valence-electron chi connectivity index (χ0n) is 11.2. The first-order valence-corrected chi connectivity index (χ1v) is 6.90. The predicted molar refractivity (Wildman–Crippen MR) is 75.8 cm³/mol. The highest BCUT2D eigenvalue weighted by Gasteiger charge is 2.33. The molecule has 0 bridgehead atoms. The van der Waals surface area contributed by atoms with E-state index in [-0.39, 0.29) is 17.9 Å². The lowest BCUT2D eigenvalue weighted by molar-refractivity contribution is 0.0917. The minimum atomic E-state index is -0.123. The highest BCUT2D eigenvalue weighted by molar-refractivity contribution is 5.99. The summed E-state index contributed by atoms with van der Waals surface area (Å²) in [5.74, 6) is -0.123. The lowest BCUT2D eigenvalue weighted by Gasteiger charge is -2.28. The van der Waals surface area contributed by atoms with E-state index < -0.39 is 0 Å². The van der Waals surface area contributed by atoms with Crippen LogP contribution in [0.4, 0.5) is 5.69 Å². The third-order valence-electron chi connectivity index (χ3n) is 4.14. The summed E-state index contributed by atoms with van der Waals surface area (Å²) in [4.78, 5) is 12.1. The summed E-state index contributed by atoms with van der Waals surface area (Å²) in [6.45, 7) is 0.810. The van der Waals surface area contributed by atoms with E-state index in [1.54, 1.807) is 12.1 Å². The SMILES string of the molecule is Nc1ccccc1C(=O)NCC1(CCO)CCCC1. The molecule has 0 unspecified atom stereocenters. The average Bonchev–Trinajstić information content (AvgIpc) is 2.86. The molecule has 1 aliphatic carbocycles. The molecule has 1 aromatic carbocycles. The van der Waals surface area contributed by atoms with E-state index in [0.717, 1.165) is 19.3 Å². The van der Waals surface area contributed by atoms with Gasteiger partial charge in [0.25, 0.3) is 5.91 Å². The molecule has 0 aliphatic heterocycles. The number of rotatable bonds is 5. The third-order valence-corrected chi connectivity index (χ3v) is 4.14. The van der Waals surface area contributed by atoms with Gasteiger partial charge in [0.15, 0.2) is 0 Å². The molecule has 0 radical (unpaired) electrons. The number of carbonyl (C=O) groups is 1. The van der Waals surface area contributed by atoms with Crippen LogP contribution >= 0.6 is 0 Å². The summed E-state index contributed by atoms with van der Waals surface area (Å²) in [5.41, 5.74) is 6.90. The Balaban J connectivity index is 1.98. The van der Waals surface area contributed by atoms with E-state index >= 15 is 0 Å². The van der Waals surface area contributed by atoms with Crippen LogP contribution in [0.25, 0.3) is 0 Å². The number of nitrogens with two attached hydrogens (primary N) is 1. The summed E-state index contributed by atoms with van der Waals surface area (Å²) in [5, 5.41) is 12.2. The molecule has 2 rings (SSSR count). The molecule has 19 heavy (non-hydrogen) atoms. The zero-order valence-corrected chi connectivity index (χ0v) is 11.2. The maximum absolute atomic E-state index is 12.1. The second-order valence-electron chi connectivity index (χ2n) is 5.45. The quantitative estimate of drug-likeness (QED) is 0.710. The molecule has 0 atom stereocenters. The van der Waals surface area contributed by atoms with Gasteiger partial charge in [0, 0.05) is 18.8 Å². The van der Waals surface area contributed by atoms with Crippen molar-refractivity contribution >= 4 is 11.6 Å². The maximum Gasteiger partial charge on any atom is 0.253 e. The van der Waals surface area contributed by atoms with E-state index in [1.165, 1.54) is 12.8 Å². The van der Waals surface area contributed by atoms with Crippen molar-refractivity contribution in [2.24, 2.45) is 5.41 Å². The van der Waals surface area contributed by atoms with Gasteiger partial charge >= 0.3 is 0 Å². The minimum Gasteiger partial charge on any atom is -0.398 e. The molecular formula is C15H22N2O2. The first-order valence-electron chi connectivity index (χ1n) is 6.90. The van der Waals surface area contributed by atoms with Crippen molar-refractivity contribution in [3.8, 4) is 0 Å². The summed E-state index contributed by atoms with van der Waals surface area (Å²) >= 11 is 0. The van der Waals surface area contributed by atoms with Crippen LogP contribution in [-0.4, -0.2) is 24.2 Å². The number of nitrogens with one attached hydrogen (secondary N) is 1. The standard InChI is InChI=1S/C15H22N2O2/c16-13-6-2-1-5-12(13)14(19)17-11-15(9-10-18)7-3-4-8-15/h1-2,5-6,18H,3-4,7-11,16H2,(H,17,19). The molecule has 1 amide bonds. The number of hydrogen-bond acceptors (Lipinski definition) is 3. The van der Waals surface area contributed by atoms with Gasteiger partial charge in [0.2, 0.25) is 0 Å². The topological polar surface area (TPSA) is 75.4 Å². The van der Waals surface area contributed by atoms with E-state index in [0.29, 0.717) is 17.8 Å². The fraction of sp³-hybridized carbons (Fsp3) is 0.533. The minimum absolute atomic E-state index is 0.0773. The van der Waals surface area contributed by atoms with Gasteiger partial charge in [-0.05, 0) is 36.8 Å². The number of anilines is 1. The smallest absolute Gasteiger partial charge is 0.253 e. The lowest BCUT2D eigenvalue weighted by Crippen LogP contribution is -2.36. The van der Waals surface area contributed by atoms with Crippen LogP contribution < -0.4 is 11.1 Å². The van der Waals surface area contributed by atoms with E-state index in [9.17, 15) is 9.90 Å². The van der Waals surface area contributed by atoms with Crippen molar-refractivity contribution < 1.29 is 9.90 Å². The molecule has 0 heterocycles. The number of hydrogen-bond donors (Lipinski definition) is 3. The summed E-state index contributed by atoms with van der Waals surface area (Å²) in [7, 11) is 0. The number of nitrogen functional groups attached to an aromatic ring is 1. The number of benzene rings is 1. The molecule has 0 saturated heterocycles. The van der Waals surface area contributed by atoms with E-state index in [2.05, 4.69) is 5.32 Å². The molecular weight excluding hydrogens is 240 g/mol. The van der Waals surface area contributed by atoms with Crippen molar-refractivity contribution in [3.63, 3.8) is 0 Å². The second-order valence-corrected chi connectivity index (χ2v) is 5.45. The Morgan fingerprint density at radius 2 is 2.00 bits per heavy atom. The van der Waals surface area contributed by atoms with Crippen molar-refractivity contribution in [2.75, 3.05) is 18.9 Å². The number of amides is 1. The third kappa shape index (κ3) is 3.26. The summed E-state index contributed by atoms with van der Waals surface area (Å²) < 4.78 is 0. The van der Waals surface area contributed by atoms with Crippen molar-refractivity contribution in [1.82, 2.24) is 5.32 Å². The van der Waals surface area contributed by atoms with Gasteiger partial charge in [0.1, 0.15) is 0 Å². The molecule has 1 fully saturated rings. The monoisotopic (exact) mass is 262 g/mol. The highest BCUT2D eigenvalue weighted by Crippen LogP contribution is 2.40. The first kappa shape index (κ1) is 13.9. The molecule has 1 aromatic rings.